The fraction of sp³-hybridized carbons (Fsp3) is 0.167. The summed E-state index contributed by atoms with van der Waals surface area (Å²) >= 11 is 1.31. The summed E-state index contributed by atoms with van der Waals surface area (Å²) in [5.74, 6) is 0.0484. The van der Waals surface area contributed by atoms with Gasteiger partial charge in [-0.3, -0.25) is 0 Å². The molecule has 150 valence electrons. The molecular formula is C24H21N3O2S. The van der Waals surface area contributed by atoms with Gasteiger partial charge in [-0.1, -0.05) is 48.5 Å². The molecule has 2 aromatic carbocycles. The van der Waals surface area contributed by atoms with Crippen molar-refractivity contribution in [3.05, 3.63) is 76.8 Å². The van der Waals surface area contributed by atoms with Crippen molar-refractivity contribution in [3.63, 3.8) is 0 Å². The highest BCUT2D eigenvalue weighted by Gasteiger charge is 2.27. The average Bonchev–Trinajstić information content (AvgIpc) is 3.10. The number of nitrogens with zero attached hydrogens (tertiary/aromatic N) is 2. The number of para-hydroxylation sites is 1. The number of hydrogen-bond donors (Lipinski definition) is 1. The van der Waals surface area contributed by atoms with Gasteiger partial charge < -0.3 is 15.4 Å². The van der Waals surface area contributed by atoms with Crippen LogP contribution in [0.3, 0.4) is 0 Å². The molecule has 0 fully saturated rings. The Balaban J connectivity index is 1.70. The second kappa shape index (κ2) is 7.55. The molecule has 6 heteroatoms. The number of nitrogens with two attached hydrogens (primary N) is 1. The van der Waals surface area contributed by atoms with Crippen molar-refractivity contribution >= 4 is 33.2 Å². The number of carbonyl (C=O) groups is 1. The molecule has 1 aliphatic rings. The third-order valence-corrected chi connectivity index (χ3v) is 6.50. The summed E-state index contributed by atoms with van der Waals surface area (Å²) in [5, 5.41) is 0.847. The molecular weight excluding hydrogens is 394 g/mol. The molecule has 4 aromatic rings. The van der Waals surface area contributed by atoms with Crippen LogP contribution in [0.1, 0.15) is 20.9 Å². The van der Waals surface area contributed by atoms with Gasteiger partial charge in [0.15, 0.2) is 0 Å². The summed E-state index contributed by atoms with van der Waals surface area (Å²) in [7, 11) is 2.11. The minimum atomic E-state index is -0.448. The van der Waals surface area contributed by atoms with E-state index >= 15 is 0 Å². The monoisotopic (exact) mass is 415 g/mol. The molecule has 0 spiro atoms. The van der Waals surface area contributed by atoms with E-state index in [-0.39, 0.29) is 0 Å². The van der Waals surface area contributed by atoms with Gasteiger partial charge in [-0.15, -0.1) is 11.3 Å². The number of anilines is 1. The largest absolute Gasteiger partial charge is 0.422 e. The number of ether oxygens (including phenoxy) is 1. The van der Waals surface area contributed by atoms with Gasteiger partial charge in [0, 0.05) is 36.2 Å². The van der Waals surface area contributed by atoms with Crippen molar-refractivity contribution < 1.29 is 9.53 Å². The van der Waals surface area contributed by atoms with Crippen LogP contribution in [0.5, 0.6) is 5.75 Å². The highest BCUT2D eigenvalue weighted by Crippen LogP contribution is 2.43. The van der Waals surface area contributed by atoms with E-state index in [1.54, 1.807) is 12.1 Å². The number of aromatic nitrogens is 1. The first-order valence-corrected chi connectivity index (χ1v) is 10.7. The molecule has 0 saturated heterocycles. The zero-order valence-electron chi connectivity index (χ0n) is 16.6. The number of fused-ring (bicyclic) bond motifs is 2. The highest BCUT2D eigenvalue weighted by molar-refractivity contribution is 7.21. The van der Waals surface area contributed by atoms with E-state index in [0.29, 0.717) is 16.3 Å². The molecule has 2 aromatic heterocycles. The van der Waals surface area contributed by atoms with Crippen molar-refractivity contribution in [2.24, 2.45) is 0 Å². The number of likely N-dealkylation sites (N-methyl/N-ethyl adjacent to an activating group) is 1. The molecule has 0 unspecified atom stereocenters. The Bertz CT molecular complexity index is 1240. The average molecular weight is 416 g/mol. The molecule has 5 rings (SSSR count). The third kappa shape index (κ3) is 3.24. The van der Waals surface area contributed by atoms with Crippen LogP contribution in [0.2, 0.25) is 0 Å². The maximum atomic E-state index is 12.9. The summed E-state index contributed by atoms with van der Waals surface area (Å²) in [6.45, 7) is 1.77. The van der Waals surface area contributed by atoms with Gasteiger partial charge >= 0.3 is 5.97 Å². The normalized spacial score (nSPS) is 13.9. The molecule has 30 heavy (non-hydrogen) atoms. The minimum absolute atomic E-state index is 0.397. The molecule has 0 aliphatic carbocycles. The Labute approximate surface area is 178 Å². The number of benzene rings is 2. The fourth-order valence-corrected chi connectivity index (χ4v) is 4.98. The van der Waals surface area contributed by atoms with E-state index in [1.165, 1.54) is 16.9 Å². The quantitative estimate of drug-likeness (QED) is 0.386. The van der Waals surface area contributed by atoms with Crippen molar-refractivity contribution in [2.45, 2.75) is 13.0 Å². The van der Waals surface area contributed by atoms with Crippen molar-refractivity contribution in [3.8, 4) is 16.9 Å². The van der Waals surface area contributed by atoms with Crippen molar-refractivity contribution in [1.82, 2.24) is 9.88 Å². The Morgan fingerprint density at radius 2 is 1.80 bits per heavy atom. The van der Waals surface area contributed by atoms with E-state index < -0.39 is 5.97 Å². The topological polar surface area (TPSA) is 68.5 Å². The van der Waals surface area contributed by atoms with Crippen LogP contribution in [0.25, 0.3) is 21.3 Å². The van der Waals surface area contributed by atoms with Crippen molar-refractivity contribution in [2.75, 3.05) is 19.3 Å². The van der Waals surface area contributed by atoms with Crippen LogP contribution in [0, 0.1) is 0 Å². The summed E-state index contributed by atoms with van der Waals surface area (Å²) in [5.41, 5.74) is 11.4. The lowest BCUT2D eigenvalue weighted by molar-refractivity contribution is 0.0741. The highest BCUT2D eigenvalue weighted by atomic mass is 32.1. The molecule has 0 amide bonds. The summed E-state index contributed by atoms with van der Waals surface area (Å²) in [6.07, 6.45) is 0.878. The Morgan fingerprint density at radius 1 is 1.10 bits per heavy atom. The van der Waals surface area contributed by atoms with Crippen LogP contribution in [0.15, 0.2) is 60.7 Å². The van der Waals surface area contributed by atoms with E-state index in [1.807, 2.05) is 36.4 Å². The van der Waals surface area contributed by atoms with Crippen LogP contribution < -0.4 is 10.5 Å². The van der Waals surface area contributed by atoms with Crippen molar-refractivity contribution in [1.29, 1.82) is 0 Å². The van der Waals surface area contributed by atoms with Gasteiger partial charge in [0.1, 0.15) is 15.5 Å². The van der Waals surface area contributed by atoms with Crippen LogP contribution in [-0.4, -0.2) is 29.4 Å². The fourth-order valence-electron chi connectivity index (χ4n) is 3.98. The molecule has 2 N–H and O–H groups in total. The number of nitrogen functional groups attached to an aromatic ring is 1. The van der Waals surface area contributed by atoms with Gasteiger partial charge in [0.2, 0.25) is 0 Å². The van der Waals surface area contributed by atoms with Crippen LogP contribution >= 0.6 is 11.3 Å². The Morgan fingerprint density at radius 3 is 2.53 bits per heavy atom. The number of thiophene rings is 1. The van der Waals surface area contributed by atoms with Gasteiger partial charge in [-0.2, -0.15) is 0 Å². The number of rotatable bonds is 3. The summed E-state index contributed by atoms with van der Waals surface area (Å²) in [4.78, 5) is 21.3. The van der Waals surface area contributed by atoms with E-state index in [2.05, 4.69) is 24.1 Å². The Kier molecular flexibility index (Phi) is 4.73. The zero-order chi connectivity index (χ0) is 20.7. The van der Waals surface area contributed by atoms with Crippen LogP contribution in [0.4, 0.5) is 5.69 Å². The summed E-state index contributed by atoms with van der Waals surface area (Å²) < 4.78 is 5.55. The number of pyridine rings is 1. The predicted molar refractivity (Wildman–Crippen MR) is 121 cm³/mol. The molecule has 0 atom stereocenters. The second-order valence-electron chi connectivity index (χ2n) is 7.49. The Hall–Kier alpha value is -3.22. The molecule has 0 bridgehead atoms. The first kappa shape index (κ1) is 18.8. The summed E-state index contributed by atoms with van der Waals surface area (Å²) in [6, 6.07) is 19.3. The zero-order valence-corrected chi connectivity index (χ0v) is 17.4. The van der Waals surface area contributed by atoms with Gasteiger partial charge in [-0.25, -0.2) is 9.78 Å². The lowest BCUT2D eigenvalue weighted by atomic mass is 9.92. The molecule has 0 radical (unpaired) electrons. The third-order valence-electron chi connectivity index (χ3n) is 5.42. The smallest absolute Gasteiger partial charge is 0.355 e. The SMILES string of the molecule is CN1CCc2nc3sc(C(=O)Oc4ccccc4)c(N)c3c(-c3ccccc3)c2C1. The maximum Gasteiger partial charge on any atom is 0.355 e. The lowest BCUT2D eigenvalue weighted by Crippen LogP contribution is -2.27. The maximum absolute atomic E-state index is 12.9. The van der Waals surface area contributed by atoms with Gasteiger partial charge in [0.25, 0.3) is 0 Å². The number of esters is 1. The van der Waals surface area contributed by atoms with Gasteiger partial charge in [0.05, 0.1) is 5.69 Å². The number of hydrogen-bond acceptors (Lipinski definition) is 6. The molecule has 1 aliphatic heterocycles. The standard InChI is InChI=1S/C24H21N3O2S/c1-27-13-12-18-17(14-27)19(15-8-4-2-5-9-15)20-21(25)22(30-23(20)26-18)24(28)29-16-10-6-3-7-11-16/h2-11H,12-14,25H2,1H3. The first-order chi connectivity index (χ1) is 14.6. The molecule has 5 nitrogen and oxygen atoms in total. The first-order valence-electron chi connectivity index (χ1n) is 9.86. The molecule has 3 heterocycles. The lowest BCUT2D eigenvalue weighted by Gasteiger charge is -2.27. The minimum Gasteiger partial charge on any atom is -0.422 e. The van der Waals surface area contributed by atoms with Crippen LogP contribution in [-0.2, 0) is 13.0 Å². The van der Waals surface area contributed by atoms with E-state index in [9.17, 15) is 4.79 Å². The second-order valence-corrected chi connectivity index (χ2v) is 8.49. The number of carbonyl (C=O) groups excluding carboxylic acids is 1. The van der Waals surface area contributed by atoms with E-state index in [0.717, 1.165) is 46.5 Å². The van der Waals surface area contributed by atoms with E-state index in [4.69, 9.17) is 15.5 Å². The van der Waals surface area contributed by atoms with Gasteiger partial charge in [-0.05, 0) is 30.3 Å². The molecule has 0 saturated carbocycles. The predicted octanol–water partition coefficient (Wildman–Crippen LogP) is 4.75.